The lowest BCUT2D eigenvalue weighted by molar-refractivity contribution is 0.100. The lowest BCUT2D eigenvalue weighted by Crippen LogP contribution is -2.12. The average molecular weight is 361 g/mol. The Morgan fingerprint density at radius 3 is 2.15 bits per heavy atom. The maximum Gasteiger partial charge on any atom is 0.0818 e. The summed E-state index contributed by atoms with van der Waals surface area (Å²) in [5.74, 6) is 1.41. The Hall–Kier alpha value is -2.12. The smallest absolute Gasteiger partial charge is 0.0818 e. The summed E-state index contributed by atoms with van der Waals surface area (Å²) in [7, 11) is 1.80. The monoisotopic (exact) mass is 360 g/mol. The molecule has 142 valence electrons. The van der Waals surface area contributed by atoms with Gasteiger partial charge in [-0.2, -0.15) is 0 Å². The van der Waals surface area contributed by atoms with Crippen LogP contribution in [0.25, 0.3) is 12.2 Å². The standard InChI is InChI=1S/C26H32O/c1-4-20-6-8-21(9-7-20)10-11-22-12-14-23(15-13-22)24-16-18-25(19-17-24)26(5-2)27-3/h4,6-11,16-19,22-23,26H,1,5,12-15H2,2-3H3/b11-10+. The molecule has 1 nitrogen and oxygen atoms in total. The van der Waals surface area contributed by atoms with E-state index in [-0.39, 0.29) is 6.10 Å². The molecule has 1 aliphatic carbocycles. The molecule has 0 N–H and O–H groups in total. The first kappa shape index (κ1) is 19.6. The van der Waals surface area contributed by atoms with Gasteiger partial charge < -0.3 is 4.74 Å². The van der Waals surface area contributed by atoms with Crippen molar-refractivity contribution in [2.75, 3.05) is 7.11 Å². The van der Waals surface area contributed by atoms with Crippen LogP contribution in [0.3, 0.4) is 0 Å². The molecule has 1 unspecified atom stereocenters. The SMILES string of the molecule is C=Cc1ccc(/C=C/C2CCC(c3ccc(C(CC)OC)cc3)CC2)cc1. The molecule has 0 aromatic heterocycles. The van der Waals surface area contributed by atoms with E-state index in [0.29, 0.717) is 11.8 Å². The molecule has 27 heavy (non-hydrogen) atoms. The molecular weight excluding hydrogens is 328 g/mol. The second-order valence-corrected chi connectivity index (χ2v) is 7.64. The number of methoxy groups -OCH3 is 1. The van der Waals surface area contributed by atoms with Gasteiger partial charge in [-0.3, -0.25) is 0 Å². The Morgan fingerprint density at radius 2 is 1.59 bits per heavy atom. The van der Waals surface area contributed by atoms with Crippen molar-refractivity contribution in [2.24, 2.45) is 5.92 Å². The summed E-state index contributed by atoms with van der Waals surface area (Å²) in [4.78, 5) is 0. The Bertz CT molecular complexity index is 727. The normalized spacial score (nSPS) is 21.3. The van der Waals surface area contributed by atoms with Crippen LogP contribution < -0.4 is 0 Å². The van der Waals surface area contributed by atoms with Crippen molar-refractivity contribution in [1.82, 2.24) is 0 Å². The van der Waals surface area contributed by atoms with Crippen molar-refractivity contribution < 1.29 is 4.74 Å². The number of ether oxygens (including phenoxy) is 1. The van der Waals surface area contributed by atoms with Gasteiger partial charge in [-0.25, -0.2) is 0 Å². The molecular formula is C26H32O. The zero-order chi connectivity index (χ0) is 19.1. The van der Waals surface area contributed by atoms with E-state index in [0.717, 1.165) is 6.42 Å². The molecule has 0 saturated heterocycles. The minimum absolute atomic E-state index is 0.223. The van der Waals surface area contributed by atoms with Crippen molar-refractivity contribution in [1.29, 1.82) is 0 Å². The number of hydrogen-bond donors (Lipinski definition) is 0. The van der Waals surface area contributed by atoms with Crippen LogP contribution in [0.4, 0.5) is 0 Å². The van der Waals surface area contributed by atoms with E-state index in [2.05, 4.69) is 74.2 Å². The van der Waals surface area contributed by atoms with Gasteiger partial charge in [-0.15, -0.1) is 0 Å². The zero-order valence-electron chi connectivity index (χ0n) is 16.7. The molecule has 3 rings (SSSR count). The first-order chi connectivity index (χ1) is 13.2. The van der Waals surface area contributed by atoms with Crippen molar-refractivity contribution in [2.45, 2.75) is 51.0 Å². The Balaban J connectivity index is 1.53. The fraction of sp³-hybridized carbons (Fsp3) is 0.385. The van der Waals surface area contributed by atoms with E-state index in [1.54, 1.807) is 7.11 Å². The topological polar surface area (TPSA) is 9.23 Å². The highest BCUT2D eigenvalue weighted by atomic mass is 16.5. The minimum atomic E-state index is 0.223. The van der Waals surface area contributed by atoms with E-state index >= 15 is 0 Å². The van der Waals surface area contributed by atoms with Crippen LogP contribution >= 0.6 is 0 Å². The fourth-order valence-electron chi connectivity index (χ4n) is 4.16. The van der Waals surface area contributed by atoms with Crippen molar-refractivity contribution in [3.63, 3.8) is 0 Å². The molecule has 0 amide bonds. The van der Waals surface area contributed by atoms with Gasteiger partial charge in [0.15, 0.2) is 0 Å². The molecule has 0 bridgehead atoms. The molecule has 0 aliphatic heterocycles. The summed E-state index contributed by atoms with van der Waals surface area (Å²) in [5, 5.41) is 0. The molecule has 0 spiro atoms. The van der Waals surface area contributed by atoms with E-state index in [1.807, 2.05) is 6.08 Å². The summed E-state index contributed by atoms with van der Waals surface area (Å²) >= 11 is 0. The summed E-state index contributed by atoms with van der Waals surface area (Å²) in [5.41, 5.74) is 5.24. The summed E-state index contributed by atoms with van der Waals surface area (Å²) in [6.45, 7) is 5.98. The van der Waals surface area contributed by atoms with Crippen LogP contribution in [0, 0.1) is 5.92 Å². The average Bonchev–Trinajstić information content (AvgIpc) is 2.74. The predicted molar refractivity (Wildman–Crippen MR) is 117 cm³/mol. The molecule has 1 saturated carbocycles. The third kappa shape index (κ3) is 5.20. The van der Waals surface area contributed by atoms with Gasteiger partial charge in [0.05, 0.1) is 6.10 Å². The molecule has 2 aromatic carbocycles. The second kappa shape index (κ2) is 9.71. The largest absolute Gasteiger partial charge is 0.377 e. The van der Waals surface area contributed by atoms with Crippen LogP contribution in [-0.2, 0) is 4.74 Å². The van der Waals surface area contributed by atoms with Crippen LogP contribution in [0.1, 0.15) is 73.3 Å². The maximum absolute atomic E-state index is 5.55. The van der Waals surface area contributed by atoms with Crippen molar-refractivity contribution in [3.8, 4) is 0 Å². The zero-order valence-corrected chi connectivity index (χ0v) is 16.7. The third-order valence-electron chi connectivity index (χ3n) is 5.94. The molecule has 1 atom stereocenters. The van der Waals surface area contributed by atoms with E-state index in [9.17, 15) is 0 Å². The molecule has 1 fully saturated rings. The van der Waals surface area contributed by atoms with Crippen LogP contribution in [0.15, 0.2) is 61.2 Å². The lowest BCUT2D eigenvalue weighted by atomic mass is 9.78. The van der Waals surface area contributed by atoms with Gasteiger partial charge in [0.1, 0.15) is 0 Å². The van der Waals surface area contributed by atoms with E-state index in [1.165, 1.54) is 47.9 Å². The number of rotatable bonds is 7. The number of benzene rings is 2. The number of hydrogen-bond acceptors (Lipinski definition) is 1. The maximum atomic E-state index is 5.55. The molecule has 0 heterocycles. The van der Waals surface area contributed by atoms with Crippen LogP contribution in [-0.4, -0.2) is 7.11 Å². The van der Waals surface area contributed by atoms with E-state index < -0.39 is 0 Å². The summed E-state index contributed by atoms with van der Waals surface area (Å²) < 4.78 is 5.55. The fourth-order valence-corrected chi connectivity index (χ4v) is 4.16. The molecule has 1 heteroatoms. The van der Waals surface area contributed by atoms with Crippen molar-refractivity contribution >= 4 is 12.2 Å². The summed E-state index contributed by atoms with van der Waals surface area (Å²) in [6.07, 6.45) is 12.9. The van der Waals surface area contributed by atoms with Gasteiger partial charge in [-0.05, 0) is 66.2 Å². The minimum Gasteiger partial charge on any atom is -0.377 e. The first-order valence-corrected chi connectivity index (χ1v) is 10.3. The van der Waals surface area contributed by atoms with Crippen LogP contribution in [0.5, 0.6) is 0 Å². The quantitative estimate of drug-likeness (QED) is 0.499. The van der Waals surface area contributed by atoms with Gasteiger partial charge in [-0.1, -0.05) is 80.3 Å². The second-order valence-electron chi connectivity index (χ2n) is 7.64. The van der Waals surface area contributed by atoms with Gasteiger partial charge >= 0.3 is 0 Å². The third-order valence-corrected chi connectivity index (χ3v) is 5.94. The Morgan fingerprint density at radius 1 is 0.963 bits per heavy atom. The Kier molecular flexibility index (Phi) is 7.06. The van der Waals surface area contributed by atoms with Gasteiger partial charge in [0.25, 0.3) is 0 Å². The number of allylic oxidation sites excluding steroid dienone is 1. The van der Waals surface area contributed by atoms with Gasteiger partial charge in [0, 0.05) is 7.11 Å². The molecule has 1 aliphatic rings. The summed E-state index contributed by atoms with van der Waals surface area (Å²) in [6, 6.07) is 17.7. The lowest BCUT2D eigenvalue weighted by Gasteiger charge is -2.27. The highest BCUT2D eigenvalue weighted by Crippen LogP contribution is 2.37. The van der Waals surface area contributed by atoms with Crippen molar-refractivity contribution in [3.05, 3.63) is 83.4 Å². The van der Waals surface area contributed by atoms with Gasteiger partial charge in [0.2, 0.25) is 0 Å². The highest BCUT2D eigenvalue weighted by molar-refractivity contribution is 5.54. The van der Waals surface area contributed by atoms with Crippen LogP contribution in [0.2, 0.25) is 0 Å². The van der Waals surface area contributed by atoms with E-state index in [4.69, 9.17) is 4.74 Å². The predicted octanol–water partition coefficient (Wildman–Crippen LogP) is 7.41. The molecule has 0 radical (unpaired) electrons. The first-order valence-electron chi connectivity index (χ1n) is 10.3. The highest BCUT2D eigenvalue weighted by Gasteiger charge is 2.21. The molecule has 2 aromatic rings. The Labute approximate surface area is 164 Å².